The van der Waals surface area contributed by atoms with Crippen LogP contribution >= 0.6 is 0 Å². The van der Waals surface area contributed by atoms with Crippen molar-refractivity contribution < 1.29 is 4.79 Å². The Hall–Kier alpha value is -0.790. The van der Waals surface area contributed by atoms with Crippen molar-refractivity contribution in [2.45, 2.75) is 13.8 Å². The maximum absolute atomic E-state index is 11.6. The normalized spacial score (nSPS) is 36.5. The highest BCUT2D eigenvalue weighted by atomic mass is 16.2. The molecule has 2 atom stereocenters. The van der Waals surface area contributed by atoms with Gasteiger partial charge >= 0.3 is 0 Å². The summed E-state index contributed by atoms with van der Waals surface area (Å²) in [6, 6.07) is 0. The van der Waals surface area contributed by atoms with Crippen molar-refractivity contribution in [2.75, 3.05) is 13.1 Å². The summed E-state index contributed by atoms with van der Waals surface area (Å²) in [6.07, 6.45) is 1.80. The van der Waals surface area contributed by atoms with Crippen LogP contribution in [0, 0.1) is 17.3 Å². The van der Waals surface area contributed by atoms with Gasteiger partial charge in [0.15, 0.2) is 0 Å². The number of carbonyl (C=O) groups is 1. The first-order chi connectivity index (χ1) is 5.59. The van der Waals surface area contributed by atoms with Crippen molar-refractivity contribution in [3.05, 3.63) is 12.7 Å². The second kappa shape index (κ2) is 2.12. The number of nitrogens with zero attached hydrogens (tertiary/aromatic N) is 1. The molecule has 1 aliphatic carbocycles. The first-order valence-electron chi connectivity index (χ1n) is 4.48. The fourth-order valence-corrected chi connectivity index (χ4v) is 2.42. The molecule has 2 rings (SSSR count). The number of carbonyl (C=O) groups excluding carboxylic acids is 1. The molecular weight excluding hydrogens is 150 g/mol. The standard InChI is InChI=1S/C10H15NO/c1-4-5-11-6-7-8(9(11)12)10(7,2)3/h4,7-8H,1,5-6H2,2-3H3/t7-,8-/m0/s1. The zero-order chi connectivity index (χ0) is 8.93. The Bertz CT molecular complexity index is 244. The van der Waals surface area contributed by atoms with Crippen LogP contribution in [0.15, 0.2) is 12.7 Å². The molecule has 1 amide bonds. The van der Waals surface area contributed by atoms with Gasteiger partial charge in [0, 0.05) is 19.0 Å². The van der Waals surface area contributed by atoms with E-state index in [0.717, 1.165) is 13.1 Å². The average Bonchev–Trinajstić information content (AvgIpc) is 2.36. The summed E-state index contributed by atoms with van der Waals surface area (Å²) >= 11 is 0. The molecule has 1 heterocycles. The first-order valence-corrected chi connectivity index (χ1v) is 4.48. The number of hydrogen-bond donors (Lipinski definition) is 0. The van der Waals surface area contributed by atoms with Crippen molar-refractivity contribution in [3.8, 4) is 0 Å². The van der Waals surface area contributed by atoms with Crippen molar-refractivity contribution in [2.24, 2.45) is 17.3 Å². The molecule has 1 saturated heterocycles. The van der Waals surface area contributed by atoms with Gasteiger partial charge in [-0.3, -0.25) is 4.79 Å². The highest BCUT2D eigenvalue weighted by Crippen LogP contribution is 2.62. The molecule has 0 N–H and O–H groups in total. The second-order valence-electron chi connectivity index (χ2n) is 4.44. The molecule has 0 radical (unpaired) electrons. The molecule has 2 heteroatoms. The smallest absolute Gasteiger partial charge is 0.226 e. The van der Waals surface area contributed by atoms with Gasteiger partial charge in [0.25, 0.3) is 0 Å². The first kappa shape index (κ1) is 7.84. The minimum atomic E-state index is 0.286. The Kier molecular flexibility index (Phi) is 1.39. The number of likely N-dealkylation sites (tertiary alicyclic amines) is 1. The number of piperidine rings is 1. The summed E-state index contributed by atoms with van der Waals surface area (Å²) in [7, 11) is 0. The summed E-state index contributed by atoms with van der Waals surface area (Å²) in [5, 5.41) is 0. The lowest BCUT2D eigenvalue weighted by Gasteiger charge is -2.20. The number of amides is 1. The molecular formula is C10H15NO. The number of hydrogen-bond acceptors (Lipinski definition) is 1. The van der Waals surface area contributed by atoms with Gasteiger partial charge in [-0.2, -0.15) is 0 Å². The Morgan fingerprint density at radius 3 is 2.83 bits per heavy atom. The monoisotopic (exact) mass is 165 g/mol. The van der Waals surface area contributed by atoms with Crippen LogP contribution in [0.4, 0.5) is 0 Å². The van der Waals surface area contributed by atoms with Gasteiger partial charge in [-0.25, -0.2) is 0 Å². The molecule has 0 spiro atoms. The van der Waals surface area contributed by atoms with Crippen molar-refractivity contribution in [1.82, 2.24) is 4.90 Å². The quantitative estimate of drug-likeness (QED) is 0.564. The highest BCUT2D eigenvalue weighted by molar-refractivity contribution is 5.86. The van der Waals surface area contributed by atoms with Gasteiger partial charge in [-0.05, 0) is 11.3 Å². The van der Waals surface area contributed by atoms with Crippen molar-refractivity contribution in [3.63, 3.8) is 0 Å². The van der Waals surface area contributed by atoms with Crippen LogP contribution in [0.1, 0.15) is 13.8 Å². The van der Waals surface area contributed by atoms with Crippen LogP contribution < -0.4 is 0 Å². The molecule has 0 unspecified atom stereocenters. The maximum atomic E-state index is 11.6. The molecule has 12 heavy (non-hydrogen) atoms. The highest BCUT2D eigenvalue weighted by Gasteiger charge is 2.66. The third-order valence-electron chi connectivity index (χ3n) is 3.39. The Balaban J connectivity index is 2.06. The summed E-state index contributed by atoms with van der Waals surface area (Å²) < 4.78 is 0. The topological polar surface area (TPSA) is 20.3 Å². The van der Waals surface area contributed by atoms with E-state index in [1.54, 1.807) is 6.08 Å². The van der Waals surface area contributed by atoms with E-state index >= 15 is 0 Å². The van der Waals surface area contributed by atoms with Crippen LogP contribution in [0.25, 0.3) is 0 Å². The summed E-state index contributed by atoms with van der Waals surface area (Å²) in [5.74, 6) is 1.27. The average molecular weight is 165 g/mol. The fourth-order valence-electron chi connectivity index (χ4n) is 2.42. The third kappa shape index (κ3) is 0.780. The SMILES string of the molecule is C=CCN1C[C@H]2[C@@H](C1=O)C2(C)C. The lowest BCUT2D eigenvalue weighted by Crippen LogP contribution is -2.31. The summed E-state index contributed by atoms with van der Waals surface area (Å²) in [5.41, 5.74) is 0.286. The van der Waals surface area contributed by atoms with E-state index in [9.17, 15) is 4.79 Å². The molecule has 2 fully saturated rings. The predicted molar refractivity (Wildman–Crippen MR) is 47.5 cm³/mol. The van der Waals surface area contributed by atoms with E-state index in [-0.39, 0.29) is 5.41 Å². The maximum Gasteiger partial charge on any atom is 0.226 e. The molecule has 66 valence electrons. The lowest BCUT2D eigenvalue weighted by atomic mass is 10.1. The molecule has 0 aromatic heterocycles. The fraction of sp³-hybridized carbons (Fsp3) is 0.700. The molecule has 0 bridgehead atoms. The number of rotatable bonds is 2. The van der Waals surface area contributed by atoms with Gasteiger partial charge < -0.3 is 4.90 Å². The lowest BCUT2D eigenvalue weighted by molar-refractivity contribution is -0.130. The van der Waals surface area contributed by atoms with E-state index in [1.165, 1.54) is 0 Å². The molecule has 2 nitrogen and oxygen atoms in total. The molecule has 1 aliphatic heterocycles. The van der Waals surface area contributed by atoms with Gasteiger partial charge in [-0.15, -0.1) is 6.58 Å². The molecule has 1 saturated carbocycles. The summed E-state index contributed by atoms with van der Waals surface area (Å²) in [6.45, 7) is 9.68. The predicted octanol–water partition coefficient (Wildman–Crippen LogP) is 1.29. The Morgan fingerprint density at radius 1 is 1.75 bits per heavy atom. The van der Waals surface area contributed by atoms with Crippen LogP contribution in [0.3, 0.4) is 0 Å². The van der Waals surface area contributed by atoms with E-state index < -0.39 is 0 Å². The van der Waals surface area contributed by atoms with Crippen LogP contribution in [-0.4, -0.2) is 23.9 Å². The van der Waals surface area contributed by atoms with Gasteiger partial charge in [0.2, 0.25) is 5.91 Å². The minimum Gasteiger partial charge on any atom is -0.338 e. The van der Waals surface area contributed by atoms with E-state index in [2.05, 4.69) is 20.4 Å². The minimum absolute atomic E-state index is 0.286. The van der Waals surface area contributed by atoms with Crippen molar-refractivity contribution in [1.29, 1.82) is 0 Å². The Morgan fingerprint density at radius 2 is 2.42 bits per heavy atom. The van der Waals surface area contributed by atoms with E-state index in [1.807, 2.05) is 4.90 Å². The zero-order valence-corrected chi connectivity index (χ0v) is 7.71. The second-order valence-corrected chi connectivity index (χ2v) is 4.44. The van der Waals surface area contributed by atoms with E-state index in [4.69, 9.17) is 0 Å². The van der Waals surface area contributed by atoms with Crippen molar-refractivity contribution >= 4 is 5.91 Å². The van der Waals surface area contributed by atoms with Crippen LogP contribution in [-0.2, 0) is 4.79 Å². The molecule has 0 aromatic carbocycles. The molecule has 0 aromatic rings. The number of fused-ring (bicyclic) bond motifs is 1. The van der Waals surface area contributed by atoms with E-state index in [0.29, 0.717) is 17.7 Å². The van der Waals surface area contributed by atoms with Gasteiger partial charge in [0.05, 0.1) is 0 Å². The molecule has 2 aliphatic rings. The van der Waals surface area contributed by atoms with Crippen LogP contribution in [0.5, 0.6) is 0 Å². The summed E-state index contributed by atoms with van der Waals surface area (Å²) in [4.78, 5) is 13.5. The largest absolute Gasteiger partial charge is 0.338 e. The van der Waals surface area contributed by atoms with Gasteiger partial charge in [0.1, 0.15) is 0 Å². The third-order valence-corrected chi connectivity index (χ3v) is 3.39. The Labute approximate surface area is 73.2 Å². The zero-order valence-electron chi connectivity index (χ0n) is 7.71. The van der Waals surface area contributed by atoms with Crippen LogP contribution in [0.2, 0.25) is 0 Å². The van der Waals surface area contributed by atoms with Gasteiger partial charge in [-0.1, -0.05) is 19.9 Å².